The predicted molar refractivity (Wildman–Crippen MR) is 55.2 cm³/mol. The summed E-state index contributed by atoms with van der Waals surface area (Å²) in [7, 11) is 0. The Hall–Kier alpha value is 0.130. The number of nitrogens with zero attached hydrogens (tertiary/aromatic N) is 1. The Morgan fingerprint density at radius 3 is 2.67 bits per heavy atom. The molecule has 0 saturated carbocycles. The summed E-state index contributed by atoms with van der Waals surface area (Å²) in [6, 6.07) is -0.0926. The van der Waals surface area contributed by atoms with Gasteiger partial charge in [0.1, 0.15) is 5.01 Å². The van der Waals surface area contributed by atoms with E-state index in [1.165, 1.54) is 11.3 Å². The molecule has 0 aliphatic rings. The zero-order valence-electron chi connectivity index (χ0n) is 6.34. The summed E-state index contributed by atoms with van der Waals surface area (Å²) in [4.78, 5) is 4.02. The topological polar surface area (TPSA) is 59.1 Å². The Balaban J connectivity index is 0. The van der Waals surface area contributed by atoms with E-state index in [1.54, 1.807) is 6.20 Å². The summed E-state index contributed by atoms with van der Waals surface area (Å²) >= 11 is 1.52. The van der Waals surface area contributed by atoms with E-state index in [-0.39, 0.29) is 37.5 Å². The molecule has 6 heteroatoms. The lowest BCUT2D eigenvalue weighted by Crippen LogP contribution is -2.11. The Labute approximate surface area is 87.8 Å². The summed E-state index contributed by atoms with van der Waals surface area (Å²) in [5.41, 5.74) is 5.64. The number of hydrogen-bond donors (Lipinski definition) is 2. The molecule has 0 aliphatic carbocycles. The molecule has 1 aromatic rings. The van der Waals surface area contributed by atoms with Gasteiger partial charge in [0.15, 0.2) is 0 Å². The third-order valence-corrected chi connectivity index (χ3v) is 2.12. The SMILES string of the molecule is Cl.Cl.N[C@H](CCO)c1nccs1. The molecule has 0 bridgehead atoms. The van der Waals surface area contributed by atoms with Crippen molar-refractivity contribution in [2.45, 2.75) is 12.5 Å². The molecule has 1 atom stereocenters. The van der Waals surface area contributed by atoms with Gasteiger partial charge in [-0.05, 0) is 6.42 Å². The highest BCUT2D eigenvalue weighted by Gasteiger charge is 2.05. The molecule has 3 nitrogen and oxygen atoms in total. The maximum Gasteiger partial charge on any atom is 0.109 e. The quantitative estimate of drug-likeness (QED) is 0.825. The van der Waals surface area contributed by atoms with E-state index in [0.29, 0.717) is 6.42 Å². The van der Waals surface area contributed by atoms with Crippen LogP contribution in [0.25, 0.3) is 0 Å². The lowest BCUT2D eigenvalue weighted by atomic mass is 10.2. The molecular weight excluding hydrogens is 219 g/mol. The minimum absolute atomic E-state index is 0. The summed E-state index contributed by atoms with van der Waals surface area (Å²) in [5.74, 6) is 0. The van der Waals surface area contributed by atoms with Crippen molar-refractivity contribution >= 4 is 36.2 Å². The van der Waals surface area contributed by atoms with Gasteiger partial charge >= 0.3 is 0 Å². The molecule has 0 aliphatic heterocycles. The van der Waals surface area contributed by atoms with E-state index < -0.39 is 0 Å². The fourth-order valence-electron chi connectivity index (χ4n) is 0.680. The molecule has 0 fully saturated rings. The second-order valence-corrected chi connectivity index (χ2v) is 2.92. The van der Waals surface area contributed by atoms with E-state index in [2.05, 4.69) is 4.98 Å². The largest absolute Gasteiger partial charge is 0.396 e. The number of nitrogens with two attached hydrogens (primary N) is 1. The first kappa shape index (κ1) is 14.6. The van der Waals surface area contributed by atoms with E-state index in [4.69, 9.17) is 10.8 Å². The highest BCUT2D eigenvalue weighted by atomic mass is 35.5. The lowest BCUT2D eigenvalue weighted by molar-refractivity contribution is 0.276. The van der Waals surface area contributed by atoms with Gasteiger partial charge in [-0.1, -0.05) is 0 Å². The number of hydrogen-bond acceptors (Lipinski definition) is 4. The molecule has 0 saturated heterocycles. The number of aliphatic hydroxyl groups excluding tert-OH is 1. The molecule has 0 unspecified atom stereocenters. The first-order chi connectivity index (χ1) is 4.84. The molecule has 0 spiro atoms. The third kappa shape index (κ3) is 4.23. The predicted octanol–water partition coefficient (Wildman–Crippen LogP) is 1.37. The molecule has 1 aromatic heterocycles. The normalized spacial score (nSPS) is 11.2. The zero-order valence-corrected chi connectivity index (χ0v) is 8.79. The van der Waals surface area contributed by atoms with Crippen LogP contribution in [0.4, 0.5) is 0 Å². The second kappa shape index (κ2) is 7.76. The van der Waals surface area contributed by atoms with Crippen LogP contribution in [0.3, 0.4) is 0 Å². The lowest BCUT2D eigenvalue weighted by Gasteiger charge is -2.03. The molecule has 3 N–H and O–H groups in total. The number of rotatable bonds is 3. The van der Waals surface area contributed by atoms with Gasteiger partial charge < -0.3 is 10.8 Å². The summed E-state index contributed by atoms with van der Waals surface area (Å²) in [5, 5.41) is 11.3. The van der Waals surface area contributed by atoms with E-state index >= 15 is 0 Å². The van der Waals surface area contributed by atoms with Crippen LogP contribution in [-0.2, 0) is 0 Å². The van der Waals surface area contributed by atoms with Gasteiger partial charge in [0.05, 0.1) is 6.04 Å². The van der Waals surface area contributed by atoms with Crippen molar-refractivity contribution in [2.24, 2.45) is 5.73 Å². The number of aromatic nitrogens is 1. The van der Waals surface area contributed by atoms with Crippen molar-refractivity contribution in [3.63, 3.8) is 0 Å². The van der Waals surface area contributed by atoms with Gasteiger partial charge in [-0.2, -0.15) is 0 Å². The maximum absolute atomic E-state index is 8.53. The van der Waals surface area contributed by atoms with Crippen molar-refractivity contribution in [3.8, 4) is 0 Å². The molecule has 0 radical (unpaired) electrons. The Morgan fingerprint density at radius 2 is 2.25 bits per heavy atom. The van der Waals surface area contributed by atoms with Crippen molar-refractivity contribution in [1.29, 1.82) is 0 Å². The molecular formula is C6H12Cl2N2OS. The van der Waals surface area contributed by atoms with Gasteiger partial charge in [-0.3, -0.25) is 0 Å². The van der Waals surface area contributed by atoms with Crippen LogP contribution in [-0.4, -0.2) is 16.7 Å². The van der Waals surface area contributed by atoms with Crippen LogP contribution in [0.15, 0.2) is 11.6 Å². The van der Waals surface area contributed by atoms with Crippen LogP contribution in [0.2, 0.25) is 0 Å². The molecule has 12 heavy (non-hydrogen) atoms. The van der Waals surface area contributed by atoms with E-state index in [1.807, 2.05) is 5.38 Å². The van der Waals surface area contributed by atoms with Crippen molar-refractivity contribution in [2.75, 3.05) is 6.61 Å². The van der Waals surface area contributed by atoms with E-state index in [0.717, 1.165) is 5.01 Å². The Morgan fingerprint density at radius 1 is 1.58 bits per heavy atom. The standard InChI is InChI=1S/C6H10N2OS.2ClH/c7-5(1-3-9)6-8-2-4-10-6;;/h2,4-5,9H,1,3,7H2;2*1H/t5-;;/m1../s1. The minimum Gasteiger partial charge on any atom is -0.396 e. The van der Waals surface area contributed by atoms with Gasteiger partial charge in [-0.15, -0.1) is 36.2 Å². The number of halogens is 2. The fraction of sp³-hybridized carbons (Fsp3) is 0.500. The minimum atomic E-state index is -0.0926. The smallest absolute Gasteiger partial charge is 0.109 e. The molecule has 0 aromatic carbocycles. The number of thiazole rings is 1. The van der Waals surface area contributed by atoms with Gasteiger partial charge in [0, 0.05) is 18.2 Å². The molecule has 72 valence electrons. The average molecular weight is 231 g/mol. The monoisotopic (exact) mass is 230 g/mol. The fourth-order valence-corrected chi connectivity index (χ4v) is 1.36. The number of aliphatic hydroxyl groups is 1. The third-order valence-electron chi connectivity index (χ3n) is 1.21. The second-order valence-electron chi connectivity index (χ2n) is 1.99. The van der Waals surface area contributed by atoms with Crippen molar-refractivity contribution in [1.82, 2.24) is 4.98 Å². The summed E-state index contributed by atoms with van der Waals surface area (Å²) in [6.45, 7) is 0.126. The Bertz CT molecular complexity index is 184. The molecule has 1 rings (SSSR count). The highest BCUT2D eigenvalue weighted by Crippen LogP contribution is 2.15. The summed E-state index contributed by atoms with van der Waals surface area (Å²) < 4.78 is 0. The van der Waals surface area contributed by atoms with Gasteiger partial charge in [0.25, 0.3) is 0 Å². The van der Waals surface area contributed by atoms with E-state index in [9.17, 15) is 0 Å². The maximum atomic E-state index is 8.53. The summed E-state index contributed by atoms with van der Waals surface area (Å²) in [6.07, 6.45) is 2.31. The van der Waals surface area contributed by atoms with Crippen LogP contribution in [0, 0.1) is 0 Å². The first-order valence-corrected chi connectivity index (χ1v) is 3.98. The van der Waals surface area contributed by atoms with Gasteiger partial charge in [-0.25, -0.2) is 4.98 Å². The zero-order chi connectivity index (χ0) is 7.40. The molecule has 1 heterocycles. The van der Waals surface area contributed by atoms with Crippen LogP contribution in [0.1, 0.15) is 17.5 Å². The van der Waals surface area contributed by atoms with Crippen molar-refractivity contribution in [3.05, 3.63) is 16.6 Å². The van der Waals surface area contributed by atoms with Crippen LogP contribution in [0.5, 0.6) is 0 Å². The van der Waals surface area contributed by atoms with Gasteiger partial charge in [0.2, 0.25) is 0 Å². The van der Waals surface area contributed by atoms with Crippen molar-refractivity contribution < 1.29 is 5.11 Å². The average Bonchev–Trinajstić information content (AvgIpc) is 2.38. The Kier molecular flexibility index (Phi) is 9.47. The van der Waals surface area contributed by atoms with Crippen LogP contribution < -0.4 is 5.73 Å². The van der Waals surface area contributed by atoms with Crippen LogP contribution >= 0.6 is 36.2 Å². The first-order valence-electron chi connectivity index (χ1n) is 3.10. The molecule has 0 amide bonds. The highest BCUT2D eigenvalue weighted by molar-refractivity contribution is 7.09.